The molecule has 0 radical (unpaired) electrons. The molecule has 3 aromatic rings. The lowest BCUT2D eigenvalue weighted by Crippen LogP contribution is -2.38. The van der Waals surface area contributed by atoms with Gasteiger partial charge in [0.15, 0.2) is 5.82 Å². The molecule has 0 amide bonds. The van der Waals surface area contributed by atoms with Gasteiger partial charge in [0.25, 0.3) is 0 Å². The van der Waals surface area contributed by atoms with E-state index in [0.717, 1.165) is 60.5 Å². The van der Waals surface area contributed by atoms with Crippen LogP contribution in [0.4, 0.5) is 23.1 Å². The van der Waals surface area contributed by atoms with Crippen LogP contribution in [0.15, 0.2) is 35.4 Å². The van der Waals surface area contributed by atoms with Gasteiger partial charge in [-0.05, 0) is 43.7 Å². The molecule has 2 aliphatic heterocycles. The second-order valence-electron chi connectivity index (χ2n) is 7.96. The molecule has 32 heavy (non-hydrogen) atoms. The predicted octanol–water partition coefficient (Wildman–Crippen LogP) is 3.00. The maximum Gasteiger partial charge on any atom is 0.223 e. The fraction of sp³-hybridized carbons (Fsp3) is 0.364. The third-order valence-corrected chi connectivity index (χ3v) is 6.89. The van der Waals surface area contributed by atoms with E-state index in [1.165, 1.54) is 4.90 Å². The molecule has 4 N–H and O–H groups in total. The number of morpholine rings is 1. The first-order chi connectivity index (χ1) is 15.5. The van der Waals surface area contributed by atoms with Crippen LogP contribution >= 0.6 is 11.8 Å². The third kappa shape index (κ3) is 3.96. The van der Waals surface area contributed by atoms with E-state index < -0.39 is 0 Å². The minimum Gasteiger partial charge on any atom is -0.399 e. The zero-order chi connectivity index (χ0) is 22.2. The number of aryl methyl sites for hydroxylation is 1. The summed E-state index contributed by atoms with van der Waals surface area (Å²) in [4.78, 5) is 23.8. The number of fused-ring (bicyclic) bond motifs is 1. The van der Waals surface area contributed by atoms with E-state index in [2.05, 4.69) is 43.8 Å². The van der Waals surface area contributed by atoms with Crippen LogP contribution in [0.5, 0.6) is 0 Å². The molecule has 2 aliphatic rings. The summed E-state index contributed by atoms with van der Waals surface area (Å²) in [6.07, 6.45) is 1.95. The van der Waals surface area contributed by atoms with Crippen molar-refractivity contribution >= 4 is 34.9 Å². The Hall–Kier alpha value is -2.95. The summed E-state index contributed by atoms with van der Waals surface area (Å²) in [5, 5.41) is 0. The molecule has 10 heteroatoms. The van der Waals surface area contributed by atoms with Gasteiger partial charge in [0, 0.05) is 35.9 Å². The number of nitrogen functional groups attached to an aromatic ring is 2. The van der Waals surface area contributed by atoms with E-state index >= 15 is 0 Å². The van der Waals surface area contributed by atoms with Crippen molar-refractivity contribution in [3.63, 3.8) is 0 Å². The zero-order valence-corrected chi connectivity index (χ0v) is 19.0. The predicted molar refractivity (Wildman–Crippen MR) is 127 cm³/mol. The molecule has 0 aliphatic carbocycles. The number of nitrogens with zero attached hydrogens (tertiary/aromatic N) is 6. The third-order valence-electron chi connectivity index (χ3n) is 5.85. The number of hydrogen-bond donors (Lipinski definition) is 2. The minimum atomic E-state index is 0.190. The van der Waals surface area contributed by atoms with Crippen LogP contribution in [0.1, 0.15) is 24.4 Å². The molecule has 1 saturated heterocycles. The van der Waals surface area contributed by atoms with Crippen molar-refractivity contribution in [1.29, 1.82) is 0 Å². The molecule has 1 fully saturated rings. The van der Waals surface area contributed by atoms with Crippen molar-refractivity contribution in [3.8, 4) is 11.4 Å². The van der Waals surface area contributed by atoms with E-state index in [9.17, 15) is 0 Å². The van der Waals surface area contributed by atoms with E-state index in [1.54, 1.807) is 11.8 Å². The average Bonchev–Trinajstić information content (AvgIpc) is 3.21. The number of thioether (sulfide) groups is 1. The Morgan fingerprint density at radius 1 is 1.09 bits per heavy atom. The van der Waals surface area contributed by atoms with Crippen LogP contribution in [0.3, 0.4) is 0 Å². The maximum atomic E-state index is 6.08. The molecular formula is C22H26N8OS. The SMILES string of the molecule is Cc1nc(N)nc(-c2cc(C(C)N3CCOCC3)cnc2N2CSc3ccc(N)cc32)n1. The molecule has 9 nitrogen and oxygen atoms in total. The molecule has 1 unspecified atom stereocenters. The minimum absolute atomic E-state index is 0.190. The van der Waals surface area contributed by atoms with Crippen molar-refractivity contribution in [1.82, 2.24) is 24.8 Å². The number of pyridine rings is 1. The summed E-state index contributed by atoms with van der Waals surface area (Å²) in [5.74, 6) is 2.81. The highest BCUT2D eigenvalue weighted by Crippen LogP contribution is 2.45. The Balaban J connectivity index is 1.61. The van der Waals surface area contributed by atoms with Crippen molar-refractivity contribution < 1.29 is 4.74 Å². The summed E-state index contributed by atoms with van der Waals surface area (Å²) in [7, 11) is 0. The van der Waals surface area contributed by atoms with Gasteiger partial charge >= 0.3 is 0 Å². The zero-order valence-electron chi connectivity index (χ0n) is 18.2. The van der Waals surface area contributed by atoms with Crippen LogP contribution in [-0.2, 0) is 4.74 Å². The summed E-state index contributed by atoms with van der Waals surface area (Å²) in [5.41, 5.74) is 15.7. The van der Waals surface area contributed by atoms with E-state index in [1.807, 2.05) is 25.3 Å². The highest BCUT2D eigenvalue weighted by atomic mass is 32.2. The van der Waals surface area contributed by atoms with Gasteiger partial charge in [-0.2, -0.15) is 9.97 Å². The summed E-state index contributed by atoms with van der Waals surface area (Å²) in [6, 6.07) is 8.28. The first-order valence-corrected chi connectivity index (χ1v) is 11.6. The molecule has 0 spiro atoms. The van der Waals surface area contributed by atoms with Crippen LogP contribution in [0, 0.1) is 6.92 Å². The van der Waals surface area contributed by atoms with E-state index in [-0.39, 0.29) is 12.0 Å². The normalized spacial score (nSPS) is 17.4. The van der Waals surface area contributed by atoms with Crippen LogP contribution in [0.25, 0.3) is 11.4 Å². The van der Waals surface area contributed by atoms with Gasteiger partial charge in [0.2, 0.25) is 5.95 Å². The summed E-state index contributed by atoms with van der Waals surface area (Å²) >= 11 is 1.75. The molecule has 1 aromatic carbocycles. The molecule has 0 saturated carbocycles. The Kier molecular flexibility index (Phi) is 5.58. The van der Waals surface area contributed by atoms with Gasteiger partial charge in [0.05, 0.1) is 30.3 Å². The number of nitrogens with two attached hydrogens (primary N) is 2. The highest BCUT2D eigenvalue weighted by Gasteiger charge is 2.28. The number of rotatable bonds is 4. The van der Waals surface area contributed by atoms with Crippen molar-refractivity contribution in [2.24, 2.45) is 0 Å². The van der Waals surface area contributed by atoms with Gasteiger partial charge in [-0.3, -0.25) is 4.90 Å². The van der Waals surface area contributed by atoms with E-state index in [0.29, 0.717) is 11.6 Å². The lowest BCUT2D eigenvalue weighted by atomic mass is 10.0. The average molecular weight is 451 g/mol. The standard InChI is InChI=1S/C22H26N8OS/c1-13(29-5-7-31-8-6-29)15-9-17(20-26-14(2)27-22(24)28-20)21(25-11-15)30-12-32-19-4-3-16(23)10-18(19)30/h3-4,9-11,13H,5-8,12,23H2,1-2H3,(H2,24,26,27,28). The number of ether oxygens (including phenoxy) is 1. The van der Waals surface area contributed by atoms with Gasteiger partial charge in [0.1, 0.15) is 11.6 Å². The molecule has 2 aromatic heterocycles. The number of anilines is 4. The van der Waals surface area contributed by atoms with Gasteiger partial charge < -0.3 is 21.1 Å². The largest absolute Gasteiger partial charge is 0.399 e. The number of aromatic nitrogens is 4. The number of hydrogen-bond acceptors (Lipinski definition) is 10. The number of benzene rings is 1. The van der Waals surface area contributed by atoms with Crippen molar-refractivity contribution in [3.05, 3.63) is 41.9 Å². The maximum absolute atomic E-state index is 6.08. The topological polar surface area (TPSA) is 119 Å². The monoisotopic (exact) mass is 450 g/mol. The second kappa shape index (κ2) is 8.53. The second-order valence-corrected chi connectivity index (χ2v) is 8.94. The Labute approximate surface area is 191 Å². The molecular weight excluding hydrogens is 424 g/mol. The fourth-order valence-electron chi connectivity index (χ4n) is 4.13. The van der Waals surface area contributed by atoms with Gasteiger partial charge in [-0.15, -0.1) is 11.8 Å². The van der Waals surface area contributed by atoms with Crippen LogP contribution in [-0.4, -0.2) is 57.0 Å². The Bertz CT molecular complexity index is 1130. The highest BCUT2D eigenvalue weighted by molar-refractivity contribution is 7.99. The Morgan fingerprint density at radius 3 is 2.69 bits per heavy atom. The lowest BCUT2D eigenvalue weighted by Gasteiger charge is -2.32. The van der Waals surface area contributed by atoms with Crippen molar-refractivity contribution in [2.75, 3.05) is 48.5 Å². The van der Waals surface area contributed by atoms with Crippen LogP contribution in [0.2, 0.25) is 0 Å². The molecule has 5 rings (SSSR count). The summed E-state index contributed by atoms with van der Waals surface area (Å²) in [6.45, 7) is 7.29. The quantitative estimate of drug-likeness (QED) is 0.574. The first-order valence-electron chi connectivity index (χ1n) is 10.6. The van der Waals surface area contributed by atoms with Gasteiger partial charge in [-0.25, -0.2) is 9.97 Å². The first kappa shape index (κ1) is 20.9. The van der Waals surface area contributed by atoms with E-state index in [4.69, 9.17) is 21.2 Å². The molecule has 166 valence electrons. The van der Waals surface area contributed by atoms with Crippen molar-refractivity contribution in [2.45, 2.75) is 24.8 Å². The lowest BCUT2D eigenvalue weighted by molar-refractivity contribution is 0.0198. The smallest absolute Gasteiger partial charge is 0.223 e. The molecule has 1 atom stereocenters. The summed E-state index contributed by atoms with van der Waals surface area (Å²) < 4.78 is 5.52. The van der Waals surface area contributed by atoms with Crippen LogP contribution < -0.4 is 16.4 Å². The molecule has 0 bridgehead atoms. The fourth-order valence-corrected chi connectivity index (χ4v) is 5.14. The van der Waals surface area contributed by atoms with Gasteiger partial charge in [-0.1, -0.05) is 0 Å². The molecule has 4 heterocycles. The Morgan fingerprint density at radius 2 is 1.91 bits per heavy atom.